The Balaban J connectivity index is 1.39. The molecule has 1 atom stereocenters. The molecule has 6 nitrogen and oxygen atoms in total. The minimum atomic E-state index is -0.436. The van der Waals surface area contributed by atoms with Gasteiger partial charge in [-0.25, -0.2) is 9.37 Å². The highest BCUT2D eigenvalue weighted by atomic mass is 32.1. The smallest absolute Gasteiger partial charge is 0.231 e. The minimum absolute atomic E-state index is 0.0776. The first kappa shape index (κ1) is 17.4. The number of carbonyl (C=O) groups is 2. The first-order chi connectivity index (χ1) is 13.1. The van der Waals surface area contributed by atoms with Gasteiger partial charge in [-0.1, -0.05) is 12.1 Å². The summed E-state index contributed by atoms with van der Waals surface area (Å²) in [4.78, 5) is 30.6. The number of furan rings is 1. The van der Waals surface area contributed by atoms with Crippen molar-refractivity contribution in [3.8, 4) is 11.3 Å². The van der Waals surface area contributed by atoms with Crippen molar-refractivity contribution in [2.24, 2.45) is 5.92 Å². The normalized spacial score (nSPS) is 16.7. The number of hydrogen-bond donors (Lipinski definition) is 1. The van der Waals surface area contributed by atoms with Gasteiger partial charge in [0, 0.05) is 23.9 Å². The van der Waals surface area contributed by atoms with Crippen LogP contribution in [0.15, 0.2) is 52.5 Å². The van der Waals surface area contributed by atoms with Crippen LogP contribution in [0.25, 0.3) is 11.3 Å². The van der Waals surface area contributed by atoms with Crippen molar-refractivity contribution in [3.05, 3.63) is 59.6 Å². The Morgan fingerprint density at radius 3 is 3.04 bits per heavy atom. The number of nitrogens with one attached hydrogen (secondary N) is 1. The Hall–Kier alpha value is -3.00. The summed E-state index contributed by atoms with van der Waals surface area (Å²) in [6.07, 6.45) is 1.72. The number of carbonyl (C=O) groups excluding carboxylic acids is 2. The van der Waals surface area contributed by atoms with E-state index in [1.54, 1.807) is 40.8 Å². The second kappa shape index (κ2) is 7.32. The molecule has 0 spiro atoms. The standard InChI is InChI=1S/C19H16FN3O3S/c20-14-4-1-3-12(7-14)16-11-27-19(21-16)22-18(25)13-8-17(24)23(9-13)10-15-5-2-6-26-15/h1-7,11,13H,8-10H2,(H,21,22,25). The number of aromatic nitrogens is 1. The van der Waals surface area contributed by atoms with E-state index in [1.165, 1.54) is 23.5 Å². The Bertz CT molecular complexity index is 970. The quantitative estimate of drug-likeness (QED) is 0.729. The maximum absolute atomic E-state index is 13.3. The summed E-state index contributed by atoms with van der Waals surface area (Å²) < 4.78 is 18.6. The highest BCUT2D eigenvalue weighted by molar-refractivity contribution is 7.14. The van der Waals surface area contributed by atoms with Crippen molar-refractivity contribution in [3.63, 3.8) is 0 Å². The fourth-order valence-corrected chi connectivity index (χ4v) is 3.73. The van der Waals surface area contributed by atoms with Crippen LogP contribution in [0.3, 0.4) is 0 Å². The summed E-state index contributed by atoms with van der Waals surface area (Å²) in [5, 5.41) is 4.95. The number of rotatable bonds is 5. The molecule has 8 heteroatoms. The molecule has 27 heavy (non-hydrogen) atoms. The van der Waals surface area contributed by atoms with Crippen LogP contribution < -0.4 is 5.32 Å². The molecule has 3 heterocycles. The molecule has 1 N–H and O–H groups in total. The average Bonchev–Trinajstić information content (AvgIpc) is 3.38. The lowest BCUT2D eigenvalue weighted by Gasteiger charge is -2.14. The van der Waals surface area contributed by atoms with Gasteiger partial charge >= 0.3 is 0 Å². The Morgan fingerprint density at radius 1 is 1.37 bits per heavy atom. The van der Waals surface area contributed by atoms with Crippen LogP contribution in [0.4, 0.5) is 9.52 Å². The SMILES string of the molecule is O=C(Nc1nc(-c2cccc(F)c2)cs1)C1CC(=O)N(Cc2ccco2)C1. The number of likely N-dealkylation sites (tertiary alicyclic amines) is 1. The van der Waals surface area contributed by atoms with Crippen LogP contribution in [0.5, 0.6) is 0 Å². The first-order valence-corrected chi connectivity index (χ1v) is 9.29. The zero-order valence-corrected chi connectivity index (χ0v) is 15.0. The van der Waals surface area contributed by atoms with Crippen LogP contribution in [0, 0.1) is 11.7 Å². The highest BCUT2D eigenvalue weighted by Gasteiger charge is 2.35. The third-order valence-electron chi connectivity index (χ3n) is 4.37. The lowest BCUT2D eigenvalue weighted by molar-refractivity contribution is -0.128. The maximum Gasteiger partial charge on any atom is 0.231 e. The van der Waals surface area contributed by atoms with Crippen molar-refractivity contribution in [2.45, 2.75) is 13.0 Å². The molecule has 1 aliphatic rings. The van der Waals surface area contributed by atoms with Crippen LogP contribution in [0.2, 0.25) is 0 Å². The topological polar surface area (TPSA) is 75.4 Å². The van der Waals surface area contributed by atoms with Gasteiger partial charge < -0.3 is 14.6 Å². The minimum Gasteiger partial charge on any atom is -0.467 e. The molecular formula is C19H16FN3O3S. The average molecular weight is 385 g/mol. The van der Waals surface area contributed by atoms with E-state index in [9.17, 15) is 14.0 Å². The van der Waals surface area contributed by atoms with Crippen molar-refractivity contribution in [1.29, 1.82) is 0 Å². The molecule has 0 bridgehead atoms. The largest absolute Gasteiger partial charge is 0.467 e. The third kappa shape index (κ3) is 3.90. The van der Waals surface area contributed by atoms with Gasteiger partial charge in [0.15, 0.2) is 5.13 Å². The van der Waals surface area contributed by atoms with Gasteiger partial charge in [-0.05, 0) is 24.3 Å². The molecule has 1 aromatic carbocycles. The number of thiazole rings is 1. The lowest BCUT2D eigenvalue weighted by atomic mass is 10.1. The van der Waals surface area contributed by atoms with Gasteiger partial charge in [0.2, 0.25) is 11.8 Å². The van der Waals surface area contributed by atoms with E-state index in [2.05, 4.69) is 10.3 Å². The fraction of sp³-hybridized carbons (Fsp3) is 0.211. The van der Waals surface area contributed by atoms with Crippen molar-refractivity contribution in [1.82, 2.24) is 9.88 Å². The summed E-state index contributed by atoms with van der Waals surface area (Å²) in [7, 11) is 0. The number of halogens is 1. The molecule has 0 aliphatic carbocycles. The van der Waals surface area contributed by atoms with Crippen molar-refractivity contribution >= 4 is 28.3 Å². The van der Waals surface area contributed by atoms with E-state index < -0.39 is 5.92 Å². The second-order valence-corrected chi connectivity index (χ2v) is 7.15. The molecule has 1 aliphatic heterocycles. The Labute approximate surface area is 158 Å². The van der Waals surface area contributed by atoms with E-state index >= 15 is 0 Å². The molecule has 1 fully saturated rings. The van der Waals surface area contributed by atoms with Gasteiger partial charge in [0.1, 0.15) is 11.6 Å². The van der Waals surface area contributed by atoms with Gasteiger partial charge in [-0.2, -0.15) is 0 Å². The van der Waals surface area contributed by atoms with Crippen molar-refractivity contribution in [2.75, 3.05) is 11.9 Å². The molecule has 1 unspecified atom stereocenters. The van der Waals surface area contributed by atoms with E-state index in [1.807, 2.05) is 0 Å². The summed E-state index contributed by atoms with van der Waals surface area (Å²) in [6, 6.07) is 9.68. The third-order valence-corrected chi connectivity index (χ3v) is 5.12. The van der Waals surface area contributed by atoms with Crippen LogP contribution in [-0.2, 0) is 16.1 Å². The second-order valence-electron chi connectivity index (χ2n) is 6.29. The highest BCUT2D eigenvalue weighted by Crippen LogP contribution is 2.27. The number of nitrogens with zero attached hydrogens (tertiary/aromatic N) is 2. The summed E-state index contributed by atoms with van der Waals surface area (Å²) in [5.41, 5.74) is 1.24. The molecule has 2 amide bonds. The number of benzene rings is 1. The molecule has 138 valence electrons. The predicted molar refractivity (Wildman–Crippen MR) is 98.4 cm³/mol. The Morgan fingerprint density at radius 2 is 2.26 bits per heavy atom. The summed E-state index contributed by atoms with van der Waals surface area (Å²) >= 11 is 1.26. The lowest BCUT2D eigenvalue weighted by Crippen LogP contribution is -2.27. The van der Waals surface area contributed by atoms with E-state index in [-0.39, 0.29) is 24.1 Å². The summed E-state index contributed by atoms with van der Waals surface area (Å²) in [6.45, 7) is 0.698. The zero-order chi connectivity index (χ0) is 18.8. The van der Waals surface area contributed by atoms with E-state index in [0.29, 0.717) is 35.2 Å². The van der Waals surface area contributed by atoms with Gasteiger partial charge in [0.05, 0.1) is 24.4 Å². The monoisotopic (exact) mass is 385 g/mol. The van der Waals surface area contributed by atoms with Crippen LogP contribution >= 0.6 is 11.3 Å². The molecule has 0 radical (unpaired) electrons. The van der Waals surface area contributed by atoms with E-state index in [4.69, 9.17) is 4.42 Å². The zero-order valence-electron chi connectivity index (χ0n) is 14.2. The van der Waals surface area contributed by atoms with Crippen molar-refractivity contribution < 1.29 is 18.4 Å². The van der Waals surface area contributed by atoms with Gasteiger partial charge in [-0.3, -0.25) is 9.59 Å². The predicted octanol–water partition coefficient (Wildman–Crippen LogP) is 3.53. The number of hydrogen-bond acceptors (Lipinski definition) is 5. The Kier molecular flexibility index (Phi) is 4.72. The molecule has 4 rings (SSSR count). The van der Waals surface area contributed by atoms with E-state index in [0.717, 1.165) is 0 Å². The molecular weight excluding hydrogens is 369 g/mol. The van der Waals surface area contributed by atoms with Crippen LogP contribution in [-0.4, -0.2) is 28.2 Å². The maximum atomic E-state index is 13.3. The number of anilines is 1. The molecule has 2 aromatic heterocycles. The molecule has 3 aromatic rings. The van der Waals surface area contributed by atoms with Crippen LogP contribution in [0.1, 0.15) is 12.2 Å². The van der Waals surface area contributed by atoms with Gasteiger partial charge in [-0.15, -0.1) is 11.3 Å². The number of amides is 2. The molecule has 1 saturated heterocycles. The summed E-state index contributed by atoms with van der Waals surface area (Å²) in [5.74, 6) is -0.415. The fourth-order valence-electron chi connectivity index (χ4n) is 3.01. The van der Waals surface area contributed by atoms with Gasteiger partial charge in [0.25, 0.3) is 0 Å². The molecule has 0 saturated carbocycles. The first-order valence-electron chi connectivity index (χ1n) is 8.41.